The summed E-state index contributed by atoms with van der Waals surface area (Å²) in [4.78, 5) is 8.56. The van der Waals surface area contributed by atoms with Crippen molar-refractivity contribution in [3.05, 3.63) is 23.4 Å². The van der Waals surface area contributed by atoms with E-state index in [0.29, 0.717) is 35.8 Å². The Kier molecular flexibility index (Phi) is 5.69. The van der Waals surface area contributed by atoms with Gasteiger partial charge < -0.3 is 14.4 Å². The van der Waals surface area contributed by atoms with E-state index in [9.17, 15) is 0 Å². The third kappa shape index (κ3) is 4.50. The maximum absolute atomic E-state index is 5.32. The van der Waals surface area contributed by atoms with Gasteiger partial charge in [-0.2, -0.15) is 9.97 Å². The molecule has 1 atom stereocenters. The van der Waals surface area contributed by atoms with Crippen LogP contribution in [0.25, 0.3) is 0 Å². The number of hydrogen-bond donors (Lipinski definition) is 1. The lowest BCUT2D eigenvalue weighted by Gasteiger charge is -2.09. The first-order valence-corrected chi connectivity index (χ1v) is 7.11. The Bertz CT molecular complexity index is 548. The van der Waals surface area contributed by atoms with Crippen LogP contribution in [-0.4, -0.2) is 33.4 Å². The van der Waals surface area contributed by atoms with Gasteiger partial charge in [-0.05, 0) is 38.3 Å². The lowest BCUT2D eigenvalue weighted by molar-refractivity contribution is 0.338. The molecule has 1 aliphatic heterocycles. The SMILES string of the molecule is Cc1nc(Cc2noc(CC3CCCNCC3)n2)no1.Cl. The molecule has 7 nitrogen and oxygen atoms in total. The summed E-state index contributed by atoms with van der Waals surface area (Å²) in [6.07, 6.45) is 4.91. The van der Waals surface area contributed by atoms with Gasteiger partial charge in [0.1, 0.15) is 0 Å². The molecule has 2 aromatic rings. The van der Waals surface area contributed by atoms with Gasteiger partial charge in [-0.3, -0.25) is 0 Å². The molecule has 0 radical (unpaired) electrons. The second-order valence-electron chi connectivity index (χ2n) is 5.26. The van der Waals surface area contributed by atoms with Crippen molar-refractivity contribution < 1.29 is 9.05 Å². The lowest BCUT2D eigenvalue weighted by Crippen LogP contribution is -2.14. The van der Waals surface area contributed by atoms with E-state index in [1.165, 1.54) is 19.3 Å². The van der Waals surface area contributed by atoms with Crippen LogP contribution in [0.1, 0.15) is 42.7 Å². The zero-order valence-electron chi connectivity index (χ0n) is 12.0. The van der Waals surface area contributed by atoms with Crippen molar-refractivity contribution >= 4 is 12.4 Å². The number of nitrogens with one attached hydrogen (secondary N) is 1. The molecule has 0 bridgehead atoms. The molecule has 0 saturated carbocycles. The Hall–Kier alpha value is -1.47. The van der Waals surface area contributed by atoms with Crippen molar-refractivity contribution in [2.24, 2.45) is 5.92 Å². The second-order valence-corrected chi connectivity index (χ2v) is 5.26. The van der Waals surface area contributed by atoms with Crippen molar-refractivity contribution in [3.63, 3.8) is 0 Å². The molecule has 0 spiro atoms. The number of aromatic nitrogens is 4. The highest BCUT2D eigenvalue weighted by atomic mass is 35.5. The molecular formula is C13H20ClN5O2. The van der Waals surface area contributed by atoms with E-state index in [-0.39, 0.29) is 12.4 Å². The van der Waals surface area contributed by atoms with Gasteiger partial charge >= 0.3 is 0 Å². The Morgan fingerprint density at radius 3 is 2.71 bits per heavy atom. The Morgan fingerprint density at radius 1 is 1.10 bits per heavy atom. The second kappa shape index (κ2) is 7.51. The highest BCUT2D eigenvalue weighted by Gasteiger charge is 2.17. The van der Waals surface area contributed by atoms with Crippen molar-refractivity contribution in [2.45, 2.75) is 39.0 Å². The summed E-state index contributed by atoms with van der Waals surface area (Å²) < 4.78 is 10.2. The molecule has 1 aliphatic rings. The van der Waals surface area contributed by atoms with E-state index in [2.05, 4.69) is 25.6 Å². The molecule has 3 heterocycles. The summed E-state index contributed by atoms with van der Waals surface area (Å²) in [5.74, 6) is 3.11. The number of halogens is 1. The molecular weight excluding hydrogens is 294 g/mol. The monoisotopic (exact) mass is 313 g/mol. The fraction of sp³-hybridized carbons (Fsp3) is 0.692. The summed E-state index contributed by atoms with van der Waals surface area (Å²) in [5.41, 5.74) is 0. The molecule has 8 heteroatoms. The van der Waals surface area contributed by atoms with Crippen molar-refractivity contribution in [1.29, 1.82) is 0 Å². The normalized spacial score (nSPS) is 19.0. The van der Waals surface area contributed by atoms with Gasteiger partial charge in [0.25, 0.3) is 0 Å². The zero-order chi connectivity index (χ0) is 13.8. The maximum Gasteiger partial charge on any atom is 0.226 e. The van der Waals surface area contributed by atoms with E-state index in [0.717, 1.165) is 19.5 Å². The minimum absolute atomic E-state index is 0. The van der Waals surface area contributed by atoms with Crippen LogP contribution in [-0.2, 0) is 12.8 Å². The van der Waals surface area contributed by atoms with Crippen LogP contribution in [0.2, 0.25) is 0 Å². The first-order chi connectivity index (χ1) is 9.79. The van der Waals surface area contributed by atoms with Gasteiger partial charge in [-0.25, -0.2) is 0 Å². The van der Waals surface area contributed by atoms with Gasteiger partial charge in [0, 0.05) is 13.3 Å². The van der Waals surface area contributed by atoms with Crippen molar-refractivity contribution in [1.82, 2.24) is 25.6 Å². The number of rotatable bonds is 4. The van der Waals surface area contributed by atoms with Gasteiger partial charge in [-0.15, -0.1) is 12.4 Å². The minimum Gasteiger partial charge on any atom is -0.340 e. The Morgan fingerprint density at radius 2 is 1.90 bits per heavy atom. The summed E-state index contributed by atoms with van der Waals surface area (Å²) in [6, 6.07) is 0. The standard InChI is InChI=1S/C13H19N5O2.ClH/c1-9-15-11(17-19-9)8-12-16-13(20-18-12)7-10-3-2-5-14-6-4-10;/h10,14H,2-8H2,1H3;1H. The Labute approximate surface area is 129 Å². The highest BCUT2D eigenvalue weighted by molar-refractivity contribution is 5.85. The van der Waals surface area contributed by atoms with Crippen molar-refractivity contribution in [3.8, 4) is 0 Å². The van der Waals surface area contributed by atoms with Crippen LogP contribution in [0.5, 0.6) is 0 Å². The smallest absolute Gasteiger partial charge is 0.226 e. The molecule has 3 rings (SSSR count). The van der Waals surface area contributed by atoms with E-state index >= 15 is 0 Å². The molecule has 1 N–H and O–H groups in total. The summed E-state index contributed by atoms with van der Waals surface area (Å²) in [5, 5.41) is 11.2. The largest absolute Gasteiger partial charge is 0.340 e. The van der Waals surface area contributed by atoms with Crippen molar-refractivity contribution in [2.75, 3.05) is 13.1 Å². The Balaban J connectivity index is 0.00000161. The molecule has 1 saturated heterocycles. The van der Waals surface area contributed by atoms with Gasteiger partial charge in [0.15, 0.2) is 11.6 Å². The highest BCUT2D eigenvalue weighted by Crippen LogP contribution is 2.18. The first-order valence-electron chi connectivity index (χ1n) is 7.11. The minimum atomic E-state index is 0. The van der Waals surface area contributed by atoms with Crippen LogP contribution < -0.4 is 5.32 Å². The molecule has 21 heavy (non-hydrogen) atoms. The van der Waals surface area contributed by atoms with Crippen LogP contribution >= 0.6 is 12.4 Å². The molecule has 1 unspecified atom stereocenters. The number of hydrogen-bond acceptors (Lipinski definition) is 7. The molecule has 1 fully saturated rings. The van der Waals surface area contributed by atoms with Gasteiger partial charge in [0.2, 0.25) is 11.8 Å². The van der Waals surface area contributed by atoms with Gasteiger partial charge in [0.05, 0.1) is 6.42 Å². The van der Waals surface area contributed by atoms with Crippen LogP contribution in [0.15, 0.2) is 9.05 Å². The predicted molar refractivity (Wildman–Crippen MR) is 77.3 cm³/mol. The third-order valence-corrected chi connectivity index (χ3v) is 3.55. The third-order valence-electron chi connectivity index (χ3n) is 3.55. The van der Waals surface area contributed by atoms with Crippen LogP contribution in [0, 0.1) is 12.8 Å². The number of aryl methyl sites for hydroxylation is 1. The van der Waals surface area contributed by atoms with Crippen LogP contribution in [0.4, 0.5) is 0 Å². The zero-order valence-corrected chi connectivity index (χ0v) is 12.9. The fourth-order valence-corrected chi connectivity index (χ4v) is 2.54. The van der Waals surface area contributed by atoms with E-state index < -0.39 is 0 Å². The fourth-order valence-electron chi connectivity index (χ4n) is 2.54. The van der Waals surface area contributed by atoms with E-state index in [1.54, 1.807) is 6.92 Å². The van der Waals surface area contributed by atoms with Gasteiger partial charge in [-0.1, -0.05) is 10.3 Å². The molecule has 2 aromatic heterocycles. The summed E-state index contributed by atoms with van der Waals surface area (Å²) in [6.45, 7) is 3.95. The number of nitrogens with zero attached hydrogens (tertiary/aromatic N) is 4. The average molecular weight is 314 g/mol. The predicted octanol–water partition coefficient (Wildman–Crippen LogP) is 1.71. The summed E-state index contributed by atoms with van der Waals surface area (Å²) >= 11 is 0. The lowest BCUT2D eigenvalue weighted by atomic mass is 9.97. The first kappa shape index (κ1) is 15.9. The maximum atomic E-state index is 5.32. The average Bonchev–Trinajstić information content (AvgIpc) is 2.94. The topological polar surface area (TPSA) is 89.9 Å². The van der Waals surface area contributed by atoms with E-state index in [1.807, 2.05) is 0 Å². The molecule has 116 valence electrons. The summed E-state index contributed by atoms with van der Waals surface area (Å²) in [7, 11) is 0. The molecule has 0 aliphatic carbocycles. The van der Waals surface area contributed by atoms with Crippen LogP contribution in [0.3, 0.4) is 0 Å². The molecule has 0 amide bonds. The molecule has 0 aromatic carbocycles. The van der Waals surface area contributed by atoms with E-state index in [4.69, 9.17) is 9.05 Å². The quantitative estimate of drug-likeness (QED) is 0.918.